The third-order valence-electron chi connectivity index (χ3n) is 1.81. The molecular formula is C10H7Cl3N4S. The molecule has 4 nitrogen and oxygen atoms in total. The zero-order valence-electron chi connectivity index (χ0n) is 9.12. The normalized spacial score (nSPS) is 12.4. The van der Waals surface area contributed by atoms with Gasteiger partial charge in [-0.05, 0) is 18.4 Å². The van der Waals surface area contributed by atoms with Crippen molar-refractivity contribution in [1.82, 2.24) is 0 Å². The quantitative estimate of drug-likeness (QED) is 0.392. The molecule has 0 aliphatic rings. The van der Waals surface area contributed by atoms with Crippen LogP contribution in [0.3, 0.4) is 0 Å². The number of nitrogens with zero attached hydrogens (tertiary/aromatic N) is 3. The molecule has 0 fully saturated rings. The molecule has 1 aromatic rings. The summed E-state index contributed by atoms with van der Waals surface area (Å²) in [7, 11) is 0. The second kappa shape index (κ2) is 6.86. The molecule has 0 heterocycles. The molecule has 0 spiro atoms. The van der Waals surface area contributed by atoms with Gasteiger partial charge in [0, 0.05) is 10.6 Å². The van der Waals surface area contributed by atoms with Gasteiger partial charge in [-0.25, -0.2) is 0 Å². The van der Waals surface area contributed by atoms with Gasteiger partial charge in [0.2, 0.25) is 0 Å². The van der Waals surface area contributed by atoms with Crippen LogP contribution in [-0.4, -0.2) is 17.1 Å². The molecule has 0 radical (unpaired) electrons. The summed E-state index contributed by atoms with van der Waals surface area (Å²) >= 11 is 18.9. The average Bonchev–Trinajstić information content (AvgIpc) is 2.35. The third kappa shape index (κ3) is 3.79. The van der Waals surface area contributed by atoms with Gasteiger partial charge in [0.25, 0.3) is 0 Å². The predicted octanol–water partition coefficient (Wildman–Crippen LogP) is 3.55. The number of nitriles is 1. The van der Waals surface area contributed by atoms with Gasteiger partial charge in [0.05, 0.1) is 10.0 Å². The van der Waals surface area contributed by atoms with Crippen molar-refractivity contribution in [3.63, 3.8) is 0 Å². The molecule has 0 atom stereocenters. The fourth-order valence-corrected chi connectivity index (χ4v) is 1.82. The molecule has 1 rings (SSSR count). The smallest absolute Gasteiger partial charge is 0.180 e. The molecule has 8 heteroatoms. The summed E-state index contributed by atoms with van der Waals surface area (Å²) in [5.41, 5.74) is 5.76. The van der Waals surface area contributed by atoms with E-state index in [0.717, 1.165) is 0 Å². The fourth-order valence-electron chi connectivity index (χ4n) is 1.00. The van der Waals surface area contributed by atoms with Crippen LogP contribution in [0.2, 0.25) is 15.1 Å². The third-order valence-corrected chi connectivity index (χ3v) is 3.33. The molecule has 0 unspecified atom stereocenters. The number of nitrogens with two attached hydrogens (primary N) is 1. The minimum absolute atomic E-state index is 0.0126. The Hall–Kier alpha value is -0.930. The van der Waals surface area contributed by atoms with E-state index in [1.807, 2.05) is 6.07 Å². The molecule has 94 valence electrons. The molecule has 1 aromatic carbocycles. The summed E-state index contributed by atoms with van der Waals surface area (Å²) < 4.78 is 0. The van der Waals surface area contributed by atoms with Crippen LogP contribution in [0, 0.1) is 11.3 Å². The zero-order chi connectivity index (χ0) is 13.7. The Morgan fingerprint density at radius 1 is 1.33 bits per heavy atom. The lowest BCUT2D eigenvalue weighted by Gasteiger charge is -2.03. The number of amidine groups is 1. The van der Waals surface area contributed by atoms with Gasteiger partial charge in [0.15, 0.2) is 10.9 Å². The lowest BCUT2D eigenvalue weighted by Crippen LogP contribution is -2.05. The summed E-state index contributed by atoms with van der Waals surface area (Å²) in [5, 5.41) is 17.4. The molecular weight excluding hydrogens is 315 g/mol. The number of hydrogen-bond acceptors (Lipinski definition) is 4. The van der Waals surface area contributed by atoms with Gasteiger partial charge >= 0.3 is 0 Å². The van der Waals surface area contributed by atoms with E-state index in [1.165, 1.54) is 23.9 Å². The van der Waals surface area contributed by atoms with E-state index in [-0.39, 0.29) is 20.9 Å². The van der Waals surface area contributed by atoms with Crippen molar-refractivity contribution in [2.24, 2.45) is 15.9 Å². The van der Waals surface area contributed by atoms with E-state index in [4.69, 9.17) is 45.8 Å². The second-order valence-corrected chi connectivity index (χ2v) is 5.00. The molecule has 0 bridgehead atoms. The molecule has 0 amide bonds. The second-order valence-electron chi connectivity index (χ2n) is 2.95. The predicted molar refractivity (Wildman–Crippen MR) is 78.8 cm³/mol. The lowest BCUT2D eigenvalue weighted by atomic mass is 10.1. The topological polar surface area (TPSA) is 74.5 Å². The van der Waals surface area contributed by atoms with E-state index in [1.54, 1.807) is 6.26 Å². The van der Waals surface area contributed by atoms with Gasteiger partial charge in [-0.3, -0.25) is 0 Å². The molecule has 0 saturated heterocycles. The van der Waals surface area contributed by atoms with Crippen LogP contribution >= 0.6 is 46.6 Å². The van der Waals surface area contributed by atoms with E-state index >= 15 is 0 Å². The van der Waals surface area contributed by atoms with Crippen LogP contribution in [0.15, 0.2) is 22.3 Å². The number of rotatable bonds is 2. The van der Waals surface area contributed by atoms with E-state index in [0.29, 0.717) is 10.6 Å². The number of thioether (sulfide) groups is 1. The summed E-state index contributed by atoms with van der Waals surface area (Å²) in [6, 6.07) is 4.83. The fraction of sp³-hybridized carbons (Fsp3) is 0.100. The molecule has 0 aliphatic heterocycles. The van der Waals surface area contributed by atoms with Crippen molar-refractivity contribution in [2.45, 2.75) is 0 Å². The highest BCUT2D eigenvalue weighted by atomic mass is 35.5. The molecule has 2 N–H and O–H groups in total. The van der Waals surface area contributed by atoms with Crippen LogP contribution < -0.4 is 5.73 Å². The largest absolute Gasteiger partial charge is 0.377 e. The summed E-state index contributed by atoms with van der Waals surface area (Å²) in [6.45, 7) is 0. The Morgan fingerprint density at radius 2 is 2.00 bits per heavy atom. The maximum atomic E-state index is 9.03. The first kappa shape index (κ1) is 15.1. The number of benzene rings is 1. The Morgan fingerprint density at radius 3 is 2.56 bits per heavy atom. The minimum atomic E-state index is -0.0126. The average molecular weight is 322 g/mol. The van der Waals surface area contributed by atoms with E-state index in [2.05, 4.69) is 10.2 Å². The van der Waals surface area contributed by atoms with Crippen LogP contribution in [0.5, 0.6) is 0 Å². The Balaban J connectivity index is 3.31. The zero-order valence-corrected chi connectivity index (χ0v) is 12.2. The molecule has 18 heavy (non-hydrogen) atoms. The van der Waals surface area contributed by atoms with Crippen LogP contribution in [0.4, 0.5) is 0 Å². The Kier molecular flexibility index (Phi) is 5.76. The van der Waals surface area contributed by atoms with Crippen molar-refractivity contribution in [2.75, 3.05) is 6.26 Å². The maximum Gasteiger partial charge on any atom is 0.180 e. The van der Waals surface area contributed by atoms with Crippen LogP contribution in [-0.2, 0) is 0 Å². The monoisotopic (exact) mass is 320 g/mol. The first-order valence-corrected chi connectivity index (χ1v) is 6.85. The highest BCUT2D eigenvalue weighted by molar-refractivity contribution is 8.13. The minimum Gasteiger partial charge on any atom is -0.377 e. The lowest BCUT2D eigenvalue weighted by molar-refractivity contribution is 1.24. The van der Waals surface area contributed by atoms with Crippen molar-refractivity contribution in [1.29, 1.82) is 5.26 Å². The van der Waals surface area contributed by atoms with Crippen LogP contribution in [0.1, 0.15) is 5.56 Å². The SMILES string of the molecule is CSC(N)=N/N=C(/C#N)c1cc(Cl)cc(Cl)c1Cl. The van der Waals surface area contributed by atoms with E-state index < -0.39 is 0 Å². The highest BCUT2D eigenvalue weighted by Crippen LogP contribution is 2.30. The van der Waals surface area contributed by atoms with Gasteiger partial charge in [-0.1, -0.05) is 46.6 Å². The number of hydrogen-bond donors (Lipinski definition) is 1. The first-order valence-electron chi connectivity index (χ1n) is 4.49. The van der Waals surface area contributed by atoms with Crippen molar-refractivity contribution >= 4 is 57.4 Å². The highest BCUT2D eigenvalue weighted by Gasteiger charge is 2.12. The van der Waals surface area contributed by atoms with Gasteiger partial charge in [-0.2, -0.15) is 5.26 Å². The summed E-state index contributed by atoms with van der Waals surface area (Å²) in [4.78, 5) is 0. The van der Waals surface area contributed by atoms with E-state index in [9.17, 15) is 0 Å². The van der Waals surface area contributed by atoms with Crippen LogP contribution in [0.25, 0.3) is 0 Å². The molecule has 0 aliphatic carbocycles. The van der Waals surface area contributed by atoms with Gasteiger partial charge < -0.3 is 5.73 Å². The molecule has 0 aromatic heterocycles. The standard InChI is InChI=1S/C10H7Cl3N4S/c1-18-10(15)17-16-8(4-14)6-2-5(11)3-7(12)9(6)13/h2-3H,1H3,(H2,15,17)/b16-8-. The maximum absolute atomic E-state index is 9.03. The van der Waals surface area contributed by atoms with Crippen molar-refractivity contribution in [3.05, 3.63) is 32.8 Å². The van der Waals surface area contributed by atoms with Crippen molar-refractivity contribution < 1.29 is 0 Å². The Bertz CT molecular complexity index is 563. The summed E-state index contributed by atoms with van der Waals surface area (Å²) in [5.74, 6) is 0. The van der Waals surface area contributed by atoms with Crippen molar-refractivity contribution in [3.8, 4) is 6.07 Å². The van der Waals surface area contributed by atoms with Gasteiger partial charge in [0.1, 0.15) is 6.07 Å². The number of halogens is 3. The Labute approximate surface area is 123 Å². The first-order chi connectivity index (χ1) is 8.49. The molecule has 0 saturated carbocycles. The summed E-state index contributed by atoms with van der Waals surface area (Å²) in [6.07, 6.45) is 1.74. The van der Waals surface area contributed by atoms with Gasteiger partial charge in [-0.15, -0.1) is 10.2 Å².